The molecule has 0 amide bonds. The van der Waals surface area contributed by atoms with Gasteiger partial charge in [-0.25, -0.2) is 17.9 Å². The van der Waals surface area contributed by atoms with Gasteiger partial charge < -0.3 is 10.2 Å². The van der Waals surface area contributed by atoms with Crippen LogP contribution >= 0.6 is 0 Å². The number of hydrogen-bond donors (Lipinski definition) is 4. The molecule has 2 unspecified atom stereocenters. The number of carbonyl (C=O) groups is 1. The first-order chi connectivity index (χ1) is 9.40. The fourth-order valence-corrected chi connectivity index (χ4v) is 3.58. The Labute approximate surface area is 116 Å². The van der Waals surface area contributed by atoms with E-state index >= 15 is 0 Å². The maximum absolute atomic E-state index is 12.0. The lowest BCUT2D eigenvalue weighted by Crippen LogP contribution is -2.33. The molecule has 1 aromatic heterocycles. The minimum atomic E-state index is -3.94. The highest BCUT2D eigenvalue weighted by atomic mass is 32.2. The third-order valence-electron chi connectivity index (χ3n) is 3.42. The summed E-state index contributed by atoms with van der Waals surface area (Å²) < 4.78 is 26.4. The Balaban J connectivity index is 2.04. The van der Waals surface area contributed by atoms with E-state index in [1.807, 2.05) is 0 Å². The summed E-state index contributed by atoms with van der Waals surface area (Å²) in [7, 11) is -3.94. The van der Waals surface area contributed by atoms with E-state index in [9.17, 15) is 18.3 Å². The van der Waals surface area contributed by atoms with Gasteiger partial charge in [-0.2, -0.15) is 5.10 Å². The van der Waals surface area contributed by atoms with E-state index in [4.69, 9.17) is 5.11 Å². The van der Waals surface area contributed by atoms with Crippen molar-refractivity contribution in [1.82, 2.24) is 14.9 Å². The topological polar surface area (TPSA) is 132 Å². The highest BCUT2D eigenvalue weighted by Gasteiger charge is 2.27. The largest absolute Gasteiger partial charge is 0.478 e. The fourth-order valence-electron chi connectivity index (χ4n) is 2.38. The molecule has 2 atom stereocenters. The lowest BCUT2D eigenvalue weighted by atomic mass is 9.87. The van der Waals surface area contributed by atoms with E-state index in [0.717, 1.165) is 25.5 Å². The molecule has 1 heterocycles. The normalized spacial score (nSPS) is 23.6. The lowest BCUT2D eigenvalue weighted by molar-refractivity contribution is 0.0692. The molecule has 0 aliphatic heterocycles. The minimum Gasteiger partial charge on any atom is -0.478 e. The maximum Gasteiger partial charge on any atom is 0.340 e. The van der Waals surface area contributed by atoms with E-state index in [1.165, 1.54) is 0 Å². The van der Waals surface area contributed by atoms with Crippen LogP contribution in [0.2, 0.25) is 0 Å². The quantitative estimate of drug-likeness (QED) is 0.602. The second-order valence-electron chi connectivity index (χ2n) is 4.96. The molecule has 0 saturated heterocycles. The SMILES string of the molecule is O=C(O)c1cn[nH]c1S(=O)(=O)NCC1CCCC(O)C1. The number of rotatable bonds is 5. The highest BCUT2D eigenvalue weighted by Crippen LogP contribution is 2.24. The molecule has 112 valence electrons. The van der Waals surface area contributed by atoms with Gasteiger partial charge in [-0.05, 0) is 25.2 Å². The third-order valence-corrected chi connectivity index (χ3v) is 4.82. The number of nitrogens with one attached hydrogen (secondary N) is 2. The zero-order chi connectivity index (χ0) is 14.8. The summed E-state index contributed by atoms with van der Waals surface area (Å²) in [6, 6.07) is 0. The van der Waals surface area contributed by atoms with Crippen LogP contribution in [0.25, 0.3) is 0 Å². The first-order valence-corrected chi connectivity index (χ1v) is 7.83. The van der Waals surface area contributed by atoms with Crippen LogP contribution < -0.4 is 4.72 Å². The van der Waals surface area contributed by atoms with Gasteiger partial charge in [0.2, 0.25) is 0 Å². The van der Waals surface area contributed by atoms with E-state index in [0.29, 0.717) is 6.42 Å². The van der Waals surface area contributed by atoms with Crippen molar-refractivity contribution in [2.24, 2.45) is 5.92 Å². The molecular weight excluding hydrogens is 286 g/mol. The molecule has 9 heteroatoms. The summed E-state index contributed by atoms with van der Waals surface area (Å²) in [6.45, 7) is 0.178. The Bertz CT molecular complexity index is 583. The van der Waals surface area contributed by atoms with E-state index in [2.05, 4.69) is 14.9 Å². The van der Waals surface area contributed by atoms with E-state index in [-0.39, 0.29) is 24.1 Å². The summed E-state index contributed by atoms with van der Waals surface area (Å²) in [5.41, 5.74) is -0.388. The van der Waals surface area contributed by atoms with Gasteiger partial charge in [0.25, 0.3) is 10.0 Å². The molecule has 0 radical (unpaired) electrons. The van der Waals surface area contributed by atoms with E-state index < -0.39 is 21.0 Å². The lowest BCUT2D eigenvalue weighted by Gasteiger charge is -2.25. The maximum atomic E-state index is 12.0. The Hall–Kier alpha value is -1.45. The number of carboxylic acid groups (broad SMARTS) is 1. The summed E-state index contributed by atoms with van der Waals surface area (Å²) in [5, 5.41) is 23.6. The Morgan fingerprint density at radius 1 is 1.50 bits per heavy atom. The van der Waals surface area contributed by atoms with Crippen LogP contribution in [-0.2, 0) is 10.0 Å². The van der Waals surface area contributed by atoms with E-state index in [1.54, 1.807) is 0 Å². The molecule has 0 spiro atoms. The predicted molar refractivity (Wildman–Crippen MR) is 68.7 cm³/mol. The number of aromatic carboxylic acids is 1. The summed E-state index contributed by atoms with van der Waals surface area (Å²) in [5.74, 6) is -1.29. The van der Waals surface area contributed by atoms with Gasteiger partial charge in [-0.3, -0.25) is 5.10 Å². The molecule has 1 saturated carbocycles. The number of aliphatic hydroxyl groups is 1. The molecule has 2 rings (SSSR count). The van der Waals surface area contributed by atoms with Gasteiger partial charge >= 0.3 is 5.97 Å². The van der Waals surface area contributed by atoms with Crippen LogP contribution in [-0.4, -0.2) is 47.4 Å². The number of aliphatic hydroxyl groups excluding tert-OH is 1. The second kappa shape index (κ2) is 5.90. The molecule has 1 aliphatic carbocycles. The molecule has 8 nitrogen and oxygen atoms in total. The van der Waals surface area contributed by atoms with Crippen LogP contribution in [0.5, 0.6) is 0 Å². The highest BCUT2D eigenvalue weighted by molar-refractivity contribution is 7.89. The standard InChI is InChI=1S/C11H17N3O5S/c15-8-3-1-2-7(4-8)5-13-20(18,19)10-9(11(16)17)6-12-14-10/h6-8,13,15H,1-5H2,(H,12,14)(H,16,17). The number of sulfonamides is 1. The van der Waals surface area contributed by atoms with Crippen LogP contribution in [0.1, 0.15) is 36.0 Å². The third kappa shape index (κ3) is 3.35. The number of aromatic nitrogens is 2. The summed E-state index contributed by atoms with van der Waals surface area (Å²) in [6.07, 6.45) is 3.57. The van der Waals surface area contributed by atoms with Gasteiger partial charge in [0.05, 0.1) is 12.3 Å². The van der Waals surface area contributed by atoms with Gasteiger partial charge in [0, 0.05) is 6.54 Å². The Morgan fingerprint density at radius 3 is 2.90 bits per heavy atom. The molecule has 1 aliphatic rings. The van der Waals surface area contributed by atoms with Crippen LogP contribution in [0.3, 0.4) is 0 Å². The number of aromatic amines is 1. The Morgan fingerprint density at radius 2 is 2.25 bits per heavy atom. The zero-order valence-corrected chi connectivity index (χ0v) is 11.6. The predicted octanol–water partition coefficient (Wildman–Crippen LogP) is -0.0627. The number of carboxylic acids is 1. The van der Waals surface area contributed by atoms with Gasteiger partial charge in [-0.1, -0.05) is 6.42 Å². The molecular formula is C11H17N3O5S. The molecule has 20 heavy (non-hydrogen) atoms. The molecule has 4 N–H and O–H groups in total. The first kappa shape index (κ1) is 14.9. The average Bonchev–Trinajstić information content (AvgIpc) is 2.87. The zero-order valence-electron chi connectivity index (χ0n) is 10.7. The molecule has 1 aromatic rings. The van der Waals surface area contributed by atoms with Crippen molar-refractivity contribution in [3.8, 4) is 0 Å². The van der Waals surface area contributed by atoms with Gasteiger partial charge in [-0.15, -0.1) is 0 Å². The van der Waals surface area contributed by atoms with Crippen molar-refractivity contribution < 1.29 is 23.4 Å². The fraction of sp³-hybridized carbons (Fsp3) is 0.636. The van der Waals surface area contributed by atoms with Crippen molar-refractivity contribution in [3.63, 3.8) is 0 Å². The van der Waals surface area contributed by atoms with Crippen LogP contribution in [0.15, 0.2) is 11.2 Å². The van der Waals surface area contributed by atoms with Crippen molar-refractivity contribution in [1.29, 1.82) is 0 Å². The second-order valence-corrected chi connectivity index (χ2v) is 6.66. The number of H-pyrrole nitrogens is 1. The smallest absolute Gasteiger partial charge is 0.340 e. The van der Waals surface area contributed by atoms with Gasteiger partial charge in [0.15, 0.2) is 5.03 Å². The monoisotopic (exact) mass is 303 g/mol. The van der Waals surface area contributed by atoms with Crippen molar-refractivity contribution >= 4 is 16.0 Å². The number of nitrogens with zero attached hydrogens (tertiary/aromatic N) is 1. The van der Waals surface area contributed by atoms with Crippen LogP contribution in [0, 0.1) is 5.92 Å². The summed E-state index contributed by atoms with van der Waals surface area (Å²) >= 11 is 0. The average molecular weight is 303 g/mol. The molecule has 0 aromatic carbocycles. The van der Waals surface area contributed by atoms with Gasteiger partial charge in [0.1, 0.15) is 5.56 Å². The molecule has 1 fully saturated rings. The summed E-state index contributed by atoms with van der Waals surface area (Å²) in [4.78, 5) is 10.9. The van der Waals surface area contributed by atoms with Crippen molar-refractivity contribution in [3.05, 3.63) is 11.8 Å². The Kier molecular flexibility index (Phi) is 4.41. The molecule has 0 bridgehead atoms. The van der Waals surface area contributed by atoms with Crippen molar-refractivity contribution in [2.75, 3.05) is 6.54 Å². The van der Waals surface area contributed by atoms with Crippen LogP contribution in [0.4, 0.5) is 0 Å². The minimum absolute atomic E-state index is 0.0599. The first-order valence-electron chi connectivity index (χ1n) is 6.34. The number of hydrogen-bond acceptors (Lipinski definition) is 5. The van der Waals surface area contributed by atoms with Crippen molar-refractivity contribution in [2.45, 2.75) is 36.8 Å².